The molecule has 134 valence electrons. The van der Waals surface area contributed by atoms with Crippen molar-refractivity contribution in [2.75, 3.05) is 11.9 Å². The third-order valence-electron chi connectivity index (χ3n) is 5.38. The van der Waals surface area contributed by atoms with Crippen LogP contribution in [0.25, 0.3) is 22.3 Å². The Labute approximate surface area is 157 Å². The summed E-state index contributed by atoms with van der Waals surface area (Å²) >= 11 is 0. The molecule has 0 aliphatic heterocycles. The van der Waals surface area contributed by atoms with Gasteiger partial charge in [-0.15, -0.1) is 0 Å². The number of hydrogen-bond donors (Lipinski definition) is 2. The van der Waals surface area contributed by atoms with E-state index in [9.17, 15) is 4.79 Å². The van der Waals surface area contributed by atoms with Crippen molar-refractivity contribution in [2.45, 2.75) is 19.3 Å². The maximum atomic E-state index is 12.7. The molecule has 5 nitrogen and oxygen atoms in total. The summed E-state index contributed by atoms with van der Waals surface area (Å²) in [5.41, 5.74) is 7.18. The molecule has 2 aromatic heterocycles. The predicted molar refractivity (Wildman–Crippen MR) is 107 cm³/mol. The fraction of sp³-hybridized carbons (Fsp3) is 0.182. The van der Waals surface area contributed by atoms with Gasteiger partial charge in [0.2, 0.25) is 0 Å². The number of anilines is 1. The van der Waals surface area contributed by atoms with E-state index in [0.29, 0.717) is 5.56 Å². The monoisotopic (exact) mass is 356 g/mol. The summed E-state index contributed by atoms with van der Waals surface area (Å²) in [6.07, 6.45) is 3.35. The Balaban J connectivity index is 1.50. The van der Waals surface area contributed by atoms with Crippen LogP contribution in [-0.2, 0) is 12.8 Å². The number of nitrogens with zero attached hydrogens (tertiary/aromatic N) is 2. The Kier molecular flexibility index (Phi) is 3.60. The fourth-order valence-electron chi connectivity index (χ4n) is 3.88. The second kappa shape index (κ2) is 6.13. The van der Waals surface area contributed by atoms with E-state index in [-0.39, 0.29) is 5.91 Å². The predicted octanol–water partition coefficient (Wildman–Crippen LogP) is 4.32. The lowest BCUT2D eigenvalue weighted by Crippen LogP contribution is -2.26. The largest absolute Gasteiger partial charge is 0.353 e. The number of benzene rings is 2. The molecule has 1 aliphatic rings. The Bertz CT molecular complexity index is 1140. The van der Waals surface area contributed by atoms with E-state index in [4.69, 9.17) is 0 Å². The molecule has 4 aromatic rings. The van der Waals surface area contributed by atoms with E-state index in [0.717, 1.165) is 40.8 Å². The van der Waals surface area contributed by atoms with Crippen molar-refractivity contribution in [3.8, 4) is 11.4 Å². The molecule has 0 atom stereocenters. The smallest absolute Gasteiger partial charge is 0.258 e. The van der Waals surface area contributed by atoms with Crippen LogP contribution in [0.1, 0.15) is 28.0 Å². The highest BCUT2D eigenvalue weighted by molar-refractivity contribution is 6.06. The minimum Gasteiger partial charge on any atom is -0.353 e. The normalized spacial score (nSPS) is 13.1. The van der Waals surface area contributed by atoms with Crippen LogP contribution in [0.15, 0.2) is 54.6 Å². The number of rotatable bonds is 3. The van der Waals surface area contributed by atoms with Gasteiger partial charge < -0.3 is 9.88 Å². The van der Waals surface area contributed by atoms with Crippen LogP contribution >= 0.6 is 0 Å². The second-order valence-corrected chi connectivity index (χ2v) is 7.07. The van der Waals surface area contributed by atoms with E-state index in [1.165, 1.54) is 17.7 Å². The molecule has 5 rings (SSSR count). The van der Waals surface area contributed by atoms with Crippen molar-refractivity contribution < 1.29 is 4.79 Å². The molecule has 0 bridgehead atoms. The van der Waals surface area contributed by atoms with E-state index in [2.05, 4.69) is 21.2 Å². The average Bonchev–Trinajstić information content (AvgIpc) is 3.41. The molecule has 2 N–H and O–H groups in total. The average molecular weight is 356 g/mol. The molecule has 0 saturated carbocycles. The topological polar surface area (TPSA) is 64.8 Å². The van der Waals surface area contributed by atoms with Crippen LogP contribution in [0.4, 0.5) is 5.69 Å². The molecule has 0 radical (unpaired) electrons. The molecule has 0 spiro atoms. The Hall–Kier alpha value is -3.34. The van der Waals surface area contributed by atoms with Crippen LogP contribution in [0, 0.1) is 0 Å². The third kappa shape index (κ3) is 2.63. The van der Waals surface area contributed by atoms with E-state index in [1.54, 1.807) is 11.9 Å². The Morgan fingerprint density at radius 1 is 1.07 bits per heavy atom. The first-order valence-electron chi connectivity index (χ1n) is 9.23. The molecule has 0 saturated heterocycles. The number of aromatic nitrogens is 3. The van der Waals surface area contributed by atoms with Crippen LogP contribution in [0.3, 0.4) is 0 Å². The van der Waals surface area contributed by atoms with Gasteiger partial charge in [0.1, 0.15) is 5.69 Å². The zero-order valence-corrected chi connectivity index (χ0v) is 15.1. The zero-order chi connectivity index (χ0) is 18.4. The van der Waals surface area contributed by atoms with Crippen molar-refractivity contribution in [3.63, 3.8) is 0 Å². The van der Waals surface area contributed by atoms with Crippen LogP contribution in [0.5, 0.6) is 0 Å². The Morgan fingerprint density at radius 3 is 2.78 bits per heavy atom. The first kappa shape index (κ1) is 15.9. The summed E-state index contributed by atoms with van der Waals surface area (Å²) in [5.74, 6) is -0.0214. The number of fused-ring (bicyclic) bond motifs is 2. The van der Waals surface area contributed by atoms with Crippen molar-refractivity contribution in [1.82, 2.24) is 15.2 Å². The molecule has 1 amide bonds. The van der Waals surface area contributed by atoms with Gasteiger partial charge >= 0.3 is 0 Å². The van der Waals surface area contributed by atoms with Crippen molar-refractivity contribution >= 4 is 22.5 Å². The summed E-state index contributed by atoms with van der Waals surface area (Å²) in [7, 11) is 1.81. The van der Waals surface area contributed by atoms with Crippen molar-refractivity contribution in [2.24, 2.45) is 0 Å². The van der Waals surface area contributed by atoms with E-state index >= 15 is 0 Å². The number of hydrogen-bond acceptors (Lipinski definition) is 2. The number of aryl methyl sites for hydroxylation is 1. The van der Waals surface area contributed by atoms with Gasteiger partial charge in [-0.25, -0.2) is 0 Å². The molecule has 2 aromatic carbocycles. The Morgan fingerprint density at radius 2 is 1.93 bits per heavy atom. The summed E-state index contributed by atoms with van der Waals surface area (Å²) in [6.45, 7) is 0. The fourth-order valence-corrected chi connectivity index (χ4v) is 3.88. The van der Waals surface area contributed by atoms with Gasteiger partial charge in [0.25, 0.3) is 5.91 Å². The van der Waals surface area contributed by atoms with Gasteiger partial charge in [0.05, 0.1) is 5.69 Å². The lowest BCUT2D eigenvalue weighted by molar-refractivity contribution is 0.0993. The summed E-state index contributed by atoms with van der Waals surface area (Å²) in [4.78, 5) is 17.9. The first-order valence-corrected chi connectivity index (χ1v) is 9.23. The second-order valence-electron chi connectivity index (χ2n) is 7.07. The number of amides is 1. The molecule has 1 aliphatic carbocycles. The zero-order valence-electron chi connectivity index (χ0n) is 15.1. The highest BCUT2D eigenvalue weighted by atomic mass is 16.2. The molecule has 0 fully saturated rings. The quantitative estimate of drug-likeness (QED) is 0.574. The van der Waals surface area contributed by atoms with Crippen LogP contribution < -0.4 is 4.90 Å². The summed E-state index contributed by atoms with van der Waals surface area (Å²) < 4.78 is 0. The van der Waals surface area contributed by atoms with Gasteiger partial charge in [-0.1, -0.05) is 24.3 Å². The molecular formula is C22H20N4O. The highest BCUT2D eigenvalue weighted by Gasteiger charge is 2.21. The maximum Gasteiger partial charge on any atom is 0.258 e. The summed E-state index contributed by atoms with van der Waals surface area (Å²) in [6, 6.07) is 17.5. The number of H-pyrrole nitrogens is 2. The number of nitrogens with one attached hydrogen (secondary N) is 2. The minimum absolute atomic E-state index is 0.0214. The van der Waals surface area contributed by atoms with Crippen molar-refractivity contribution in [1.29, 1.82) is 0 Å². The van der Waals surface area contributed by atoms with Gasteiger partial charge in [-0.2, -0.15) is 5.10 Å². The standard InChI is InChI=1S/C22H20N4O/c1-26(22(27)14-6-3-2-4-7-14)16-11-10-15-12-20(23-19(15)13-16)21-17-8-5-9-18(17)24-25-21/h2-4,6-7,10-13,23H,5,8-9H2,1H3,(H,24,25). The molecule has 2 heterocycles. The number of carbonyl (C=O) groups excluding carboxylic acids is 1. The highest BCUT2D eigenvalue weighted by Crippen LogP contribution is 2.32. The van der Waals surface area contributed by atoms with Gasteiger partial charge in [-0.3, -0.25) is 9.89 Å². The van der Waals surface area contributed by atoms with Gasteiger partial charge in [0.15, 0.2) is 0 Å². The molecular weight excluding hydrogens is 336 g/mol. The molecule has 0 unspecified atom stereocenters. The number of carbonyl (C=O) groups is 1. The SMILES string of the molecule is CN(C(=O)c1ccccc1)c1ccc2cc(-c3n[nH]c4c3CCC4)[nH]c2c1. The lowest BCUT2D eigenvalue weighted by Gasteiger charge is -2.17. The molecule has 5 heteroatoms. The maximum absolute atomic E-state index is 12.7. The van der Waals surface area contributed by atoms with Crippen molar-refractivity contribution in [3.05, 3.63) is 71.4 Å². The van der Waals surface area contributed by atoms with Gasteiger partial charge in [-0.05, 0) is 49.6 Å². The summed E-state index contributed by atoms with van der Waals surface area (Å²) in [5, 5.41) is 8.79. The van der Waals surface area contributed by atoms with Crippen LogP contribution in [-0.4, -0.2) is 28.1 Å². The first-order chi connectivity index (χ1) is 13.2. The minimum atomic E-state index is -0.0214. The lowest BCUT2D eigenvalue weighted by atomic mass is 10.1. The third-order valence-corrected chi connectivity index (χ3v) is 5.38. The molecule has 27 heavy (non-hydrogen) atoms. The van der Waals surface area contributed by atoms with Gasteiger partial charge in [0, 0.05) is 40.5 Å². The number of aromatic amines is 2. The van der Waals surface area contributed by atoms with E-state index in [1.807, 2.05) is 48.5 Å². The van der Waals surface area contributed by atoms with E-state index < -0.39 is 0 Å². The van der Waals surface area contributed by atoms with Crippen LogP contribution in [0.2, 0.25) is 0 Å².